The third-order valence-electron chi connectivity index (χ3n) is 3.41. The van der Waals surface area contributed by atoms with Crippen molar-refractivity contribution in [1.82, 2.24) is 9.55 Å². The Morgan fingerprint density at radius 3 is 2.86 bits per heavy atom. The van der Waals surface area contributed by atoms with Crippen LogP contribution in [-0.2, 0) is 6.54 Å². The van der Waals surface area contributed by atoms with Crippen molar-refractivity contribution in [2.45, 2.75) is 19.9 Å². The quantitative estimate of drug-likeness (QED) is 0.703. The van der Waals surface area contributed by atoms with E-state index in [1.807, 2.05) is 28.8 Å². The fraction of sp³-hybridized carbons (Fsp3) is 0.188. The molecule has 0 spiro atoms. The van der Waals surface area contributed by atoms with Crippen LogP contribution in [0.25, 0.3) is 22.4 Å². The van der Waals surface area contributed by atoms with E-state index in [0.717, 1.165) is 34.3 Å². The van der Waals surface area contributed by atoms with E-state index in [4.69, 9.17) is 5.73 Å². The number of nitrogen functional groups attached to an aromatic ring is 1. The second-order valence-electron chi connectivity index (χ2n) is 4.93. The van der Waals surface area contributed by atoms with E-state index >= 15 is 0 Å². The van der Waals surface area contributed by atoms with Gasteiger partial charge in [-0.3, -0.25) is 0 Å². The lowest BCUT2D eigenvalue weighted by atomic mass is 10.2. The van der Waals surface area contributed by atoms with Gasteiger partial charge in [0.1, 0.15) is 11.3 Å². The van der Waals surface area contributed by atoms with E-state index in [1.165, 1.54) is 6.07 Å². The molecule has 0 aliphatic heterocycles. The van der Waals surface area contributed by atoms with Gasteiger partial charge in [-0.15, -0.1) is 0 Å². The van der Waals surface area contributed by atoms with Gasteiger partial charge in [0, 0.05) is 22.3 Å². The zero-order valence-corrected chi connectivity index (χ0v) is 13.2. The number of para-hydroxylation sites is 1. The van der Waals surface area contributed by atoms with Crippen LogP contribution in [0.4, 0.5) is 10.1 Å². The number of imidazole rings is 1. The van der Waals surface area contributed by atoms with Crippen LogP contribution in [0.15, 0.2) is 40.9 Å². The molecule has 0 amide bonds. The van der Waals surface area contributed by atoms with Crippen molar-refractivity contribution >= 4 is 32.7 Å². The number of halogens is 2. The third kappa shape index (κ3) is 2.42. The maximum Gasteiger partial charge on any atom is 0.151 e. The molecular weight excluding hydrogens is 333 g/mol. The predicted octanol–water partition coefficient (Wildman–Crippen LogP) is 4.60. The zero-order valence-electron chi connectivity index (χ0n) is 11.6. The molecule has 108 valence electrons. The average Bonchev–Trinajstić information content (AvgIpc) is 2.82. The smallest absolute Gasteiger partial charge is 0.151 e. The van der Waals surface area contributed by atoms with Gasteiger partial charge in [0.2, 0.25) is 0 Å². The van der Waals surface area contributed by atoms with Gasteiger partial charge >= 0.3 is 0 Å². The molecule has 2 aromatic carbocycles. The van der Waals surface area contributed by atoms with Crippen molar-refractivity contribution in [2.75, 3.05) is 5.73 Å². The fourth-order valence-electron chi connectivity index (χ4n) is 2.48. The van der Waals surface area contributed by atoms with Crippen molar-refractivity contribution in [1.29, 1.82) is 0 Å². The number of rotatable bonds is 3. The molecule has 1 aromatic heterocycles. The summed E-state index contributed by atoms with van der Waals surface area (Å²) in [7, 11) is 0. The number of anilines is 1. The number of nitrogens with zero attached hydrogens (tertiary/aromatic N) is 2. The summed E-state index contributed by atoms with van der Waals surface area (Å²) < 4.78 is 16.9. The Labute approximate surface area is 130 Å². The number of benzene rings is 2. The molecule has 0 bridgehead atoms. The van der Waals surface area contributed by atoms with E-state index in [2.05, 4.69) is 27.8 Å². The average molecular weight is 348 g/mol. The zero-order chi connectivity index (χ0) is 15.0. The van der Waals surface area contributed by atoms with Crippen molar-refractivity contribution in [3.63, 3.8) is 0 Å². The first-order valence-electron chi connectivity index (χ1n) is 6.82. The van der Waals surface area contributed by atoms with Gasteiger partial charge < -0.3 is 10.3 Å². The fourth-order valence-corrected chi connectivity index (χ4v) is 2.91. The van der Waals surface area contributed by atoms with Crippen LogP contribution in [0.2, 0.25) is 0 Å². The summed E-state index contributed by atoms with van der Waals surface area (Å²) in [5, 5.41) is 0. The van der Waals surface area contributed by atoms with E-state index < -0.39 is 0 Å². The van der Waals surface area contributed by atoms with E-state index in [-0.39, 0.29) is 5.82 Å². The number of aromatic nitrogens is 2. The SMILES string of the molecule is CCCn1c(-c2cc(N)ccc2Br)nc2c(F)cccc21. The lowest BCUT2D eigenvalue weighted by Crippen LogP contribution is -2.00. The lowest BCUT2D eigenvalue weighted by molar-refractivity contribution is 0.637. The van der Waals surface area contributed by atoms with Crippen LogP contribution in [-0.4, -0.2) is 9.55 Å². The molecule has 0 aliphatic rings. The highest BCUT2D eigenvalue weighted by Crippen LogP contribution is 2.32. The van der Waals surface area contributed by atoms with Crippen LogP contribution in [0.5, 0.6) is 0 Å². The van der Waals surface area contributed by atoms with E-state index in [9.17, 15) is 4.39 Å². The summed E-state index contributed by atoms with van der Waals surface area (Å²) in [5.74, 6) is 0.430. The van der Waals surface area contributed by atoms with Crippen LogP contribution < -0.4 is 5.73 Å². The molecule has 0 saturated heterocycles. The first kappa shape index (κ1) is 14.1. The molecule has 21 heavy (non-hydrogen) atoms. The van der Waals surface area contributed by atoms with Gasteiger partial charge in [0.25, 0.3) is 0 Å². The molecule has 0 aliphatic carbocycles. The van der Waals surface area contributed by atoms with Crippen molar-refractivity contribution in [3.05, 3.63) is 46.7 Å². The molecule has 0 fully saturated rings. The summed E-state index contributed by atoms with van der Waals surface area (Å²) in [4.78, 5) is 4.51. The van der Waals surface area contributed by atoms with Gasteiger partial charge in [-0.05, 0) is 36.8 Å². The minimum atomic E-state index is -0.302. The summed E-state index contributed by atoms with van der Waals surface area (Å²) in [6.45, 7) is 2.86. The van der Waals surface area contributed by atoms with Crippen molar-refractivity contribution in [2.24, 2.45) is 0 Å². The first-order valence-corrected chi connectivity index (χ1v) is 7.61. The summed E-state index contributed by atoms with van der Waals surface area (Å²) in [6, 6.07) is 10.6. The van der Waals surface area contributed by atoms with Crippen LogP contribution in [0.1, 0.15) is 13.3 Å². The standard InChI is InChI=1S/C16H15BrFN3/c1-2-8-21-14-5-3-4-13(18)15(14)20-16(21)11-9-10(19)6-7-12(11)17/h3-7,9H,2,8,19H2,1H3. The molecule has 0 atom stereocenters. The van der Waals surface area contributed by atoms with Crippen LogP contribution in [0, 0.1) is 5.82 Å². The number of nitrogens with two attached hydrogens (primary N) is 1. The van der Waals surface area contributed by atoms with E-state index in [1.54, 1.807) is 6.07 Å². The Morgan fingerprint density at radius 1 is 1.29 bits per heavy atom. The van der Waals surface area contributed by atoms with Gasteiger partial charge in [0.15, 0.2) is 5.82 Å². The molecule has 0 saturated carbocycles. The van der Waals surface area contributed by atoms with Crippen LogP contribution in [0.3, 0.4) is 0 Å². The monoisotopic (exact) mass is 347 g/mol. The highest BCUT2D eigenvalue weighted by Gasteiger charge is 2.16. The number of hydrogen-bond acceptors (Lipinski definition) is 2. The summed E-state index contributed by atoms with van der Waals surface area (Å²) >= 11 is 3.53. The minimum absolute atomic E-state index is 0.302. The summed E-state index contributed by atoms with van der Waals surface area (Å²) in [5.41, 5.74) is 8.62. The Kier molecular flexibility index (Phi) is 3.68. The molecule has 3 rings (SSSR count). The topological polar surface area (TPSA) is 43.8 Å². The van der Waals surface area contributed by atoms with Crippen LogP contribution >= 0.6 is 15.9 Å². The molecule has 3 nitrogen and oxygen atoms in total. The van der Waals surface area contributed by atoms with Gasteiger partial charge in [-0.25, -0.2) is 9.37 Å². The summed E-state index contributed by atoms with van der Waals surface area (Å²) in [6.07, 6.45) is 0.939. The van der Waals surface area contributed by atoms with Crippen molar-refractivity contribution < 1.29 is 4.39 Å². The lowest BCUT2D eigenvalue weighted by Gasteiger charge is -2.10. The Bertz CT molecular complexity index is 811. The minimum Gasteiger partial charge on any atom is -0.399 e. The molecule has 5 heteroatoms. The molecule has 1 heterocycles. The third-order valence-corrected chi connectivity index (χ3v) is 4.10. The second-order valence-corrected chi connectivity index (χ2v) is 5.79. The largest absolute Gasteiger partial charge is 0.399 e. The normalized spacial score (nSPS) is 11.2. The Hall–Kier alpha value is -1.88. The van der Waals surface area contributed by atoms with Gasteiger partial charge in [-0.2, -0.15) is 0 Å². The maximum atomic E-state index is 14.0. The van der Waals surface area contributed by atoms with Gasteiger partial charge in [-0.1, -0.05) is 28.9 Å². The Balaban J connectivity index is 2.33. The Morgan fingerprint density at radius 2 is 2.10 bits per heavy atom. The molecule has 2 N–H and O–H groups in total. The highest BCUT2D eigenvalue weighted by atomic mass is 79.9. The highest BCUT2D eigenvalue weighted by molar-refractivity contribution is 9.10. The molecule has 3 aromatic rings. The second kappa shape index (κ2) is 5.48. The predicted molar refractivity (Wildman–Crippen MR) is 87.5 cm³/mol. The first-order chi connectivity index (χ1) is 10.1. The number of aryl methyl sites for hydroxylation is 1. The maximum absolute atomic E-state index is 14.0. The number of hydrogen-bond donors (Lipinski definition) is 1. The molecule has 0 unspecified atom stereocenters. The molecular formula is C16H15BrFN3. The molecule has 0 radical (unpaired) electrons. The van der Waals surface area contributed by atoms with Crippen molar-refractivity contribution in [3.8, 4) is 11.4 Å². The van der Waals surface area contributed by atoms with E-state index in [0.29, 0.717) is 11.2 Å². The number of fused-ring (bicyclic) bond motifs is 1. The van der Waals surface area contributed by atoms with Gasteiger partial charge in [0.05, 0.1) is 5.52 Å².